The van der Waals surface area contributed by atoms with Crippen molar-refractivity contribution in [3.8, 4) is 0 Å². The number of nitrogens with zero attached hydrogens (tertiary/aromatic N) is 2. The monoisotopic (exact) mass is 160 g/mol. The molecule has 1 heterocycles. The molecule has 11 heavy (non-hydrogen) atoms. The molecule has 0 aromatic rings. The second-order valence-electron chi connectivity index (χ2n) is 2.24. The fourth-order valence-electron chi connectivity index (χ4n) is 0.674. The van der Waals surface area contributed by atoms with Crippen molar-refractivity contribution in [1.29, 1.82) is 0 Å². The van der Waals surface area contributed by atoms with Gasteiger partial charge in [0.05, 0.1) is 6.67 Å². The van der Waals surface area contributed by atoms with E-state index in [1.165, 1.54) is 0 Å². The van der Waals surface area contributed by atoms with E-state index in [1.54, 1.807) is 0 Å². The van der Waals surface area contributed by atoms with Crippen LogP contribution in [0.4, 0.5) is 4.79 Å². The average Bonchev–Trinajstić information content (AvgIpc) is 2.13. The molecule has 0 amide bonds. The quantitative estimate of drug-likeness (QED) is 0.540. The first-order valence-electron chi connectivity index (χ1n) is 3.03. The first-order valence-corrected chi connectivity index (χ1v) is 3.03. The van der Waals surface area contributed by atoms with Gasteiger partial charge >= 0.3 is 6.16 Å². The minimum absolute atomic E-state index is 1.03. The molecule has 2 N–H and O–H groups in total. The normalized spacial score (nSPS) is 14.4. The zero-order valence-corrected chi connectivity index (χ0v) is 6.56. The van der Waals surface area contributed by atoms with Crippen molar-refractivity contribution in [1.82, 2.24) is 9.80 Å². The van der Waals surface area contributed by atoms with E-state index in [0.29, 0.717) is 0 Å². The second-order valence-corrected chi connectivity index (χ2v) is 2.24. The topological polar surface area (TPSA) is 64.0 Å². The molecule has 0 saturated heterocycles. The molecule has 0 radical (unpaired) electrons. The molecule has 5 nitrogen and oxygen atoms in total. The van der Waals surface area contributed by atoms with Crippen LogP contribution in [0.3, 0.4) is 0 Å². The molecule has 1 rings (SSSR count). The third kappa shape index (κ3) is 6.50. The summed E-state index contributed by atoms with van der Waals surface area (Å²) in [7, 11) is 4.11. The van der Waals surface area contributed by atoms with Gasteiger partial charge in [-0.3, -0.25) is 0 Å². The van der Waals surface area contributed by atoms with Gasteiger partial charge in [0.2, 0.25) is 0 Å². The van der Waals surface area contributed by atoms with Crippen LogP contribution >= 0.6 is 0 Å². The Morgan fingerprint density at radius 2 is 1.55 bits per heavy atom. The smallest absolute Gasteiger partial charge is 0.450 e. The van der Waals surface area contributed by atoms with E-state index >= 15 is 0 Å². The lowest BCUT2D eigenvalue weighted by atomic mass is 10.9. The Balaban J connectivity index is 0.000000218. The Morgan fingerprint density at radius 3 is 1.64 bits per heavy atom. The van der Waals surface area contributed by atoms with Crippen LogP contribution in [0.25, 0.3) is 0 Å². The third-order valence-corrected chi connectivity index (χ3v) is 1.02. The van der Waals surface area contributed by atoms with E-state index in [2.05, 4.69) is 36.3 Å². The summed E-state index contributed by atoms with van der Waals surface area (Å²) in [6.45, 7) is 1.03. The summed E-state index contributed by atoms with van der Waals surface area (Å²) in [4.78, 5) is 12.8. The lowest BCUT2D eigenvalue weighted by molar-refractivity contribution is 0.137. The predicted octanol–water partition coefficient (Wildman–Crippen LogP) is 0.515. The molecule has 0 fully saturated rings. The van der Waals surface area contributed by atoms with Gasteiger partial charge in [-0.05, 0) is 0 Å². The van der Waals surface area contributed by atoms with E-state index < -0.39 is 6.16 Å². The van der Waals surface area contributed by atoms with Gasteiger partial charge in [0, 0.05) is 26.5 Å². The molecule has 0 saturated carbocycles. The Morgan fingerprint density at radius 1 is 1.27 bits per heavy atom. The largest absolute Gasteiger partial charge is 0.503 e. The highest BCUT2D eigenvalue weighted by Crippen LogP contribution is 1.97. The maximum Gasteiger partial charge on any atom is 0.503 e. The molecule has 0 bridgehead atoms. The maximum absolute atomic E-state index is 8.56. The zero-order chi connectivity index (χ0) is 8.85. The molecular formula is C6H12N2O3. The van der Waals surface area contributed by atoms with Gasteiger partial charge in [0.15, 0.2) is 0 Å². The SMILES string of the molecule is CN1C=CN(C)C1.O=C(O)O. The summed E-state index contributed by atoms with van der Waals surface area (Å²) in [5, 5.41) is 13.9. The van der Waals surface area contributed by atoms with Gasteiger partial charge < -0.3 is 20.0 Å². The molecule has 0 unspecified atom stereocenters. The second kappa shape index (κ2) is 4.43. The molecular weight excluding hydrogens is 148 g/mol. The van der Waals surface area contributed by atoms with E-state index in [4.69, 9.17) is 15.0 Å². The van der Waals surface area contributed by atoms with Gasteiger partial charge in [-0.15, -0.1) is 0 Å². The molecule has 64 valence electrons. The van der Waals surface area contributed by atoms with Gasteiger partial charge in [-0.1, -0.05) is 0 Å². The summed E-state index contributed by atoms with van der Waals surface area (Å²) in [6, 6.07) is 0. The van der Waals surface area contributed by atoms with Gasteiger partial charge in [-0.25, -0.2) is 4.79 Å². The number of rotatable bonds is 0. The average molecular weight is 160 g/mol. The van der Waals surface area contributed by atoms with E-state index in [1.807, 2.05) is 0 Å². The van der Waals surface area contributed by atoms with Crippen LogP contribution in [0.15, 0.2) is 12.4 Å². The van der Waals surface area contributed by atoms with Crippen molar-refractivity contribution in [2.75, 3.05) is 20.8 Å². The predicted molar refractivity (Wildman–Crippen MR) is 40.2 cm³/mol. The molecule has 0 atom stereocenters. The number of hydrogen-bond acceptors (Lipinski definition) is 3. The maximum atomic E-state index is 8.56. The van der Waals surface area contributed by atoms with Crippen LogP contribution in [0.2, 0.25) is 0 Å². The third-order valence-electron chi connectivity index (χ3n) is 1.02. The fourth-order valence-corrected chi connectivity index (χ4v) is 0.674. The molecule has 0 aliphatic carbocycles. The lowest BCUT2D eigenvalue weighted by Gasteiger charge is -2.10. The van der Waals surface area contributed by atoms with E-state index in [-0.39, 0.29) is 0 Å². The van der Waals surface area contributed by atoms with Gasteiger partial charge in [0.1, 0.15) is 0 Å². The molecule has 5 heteroatoms. The summed E-state index contributed by atoms with van der Waals surface area (Å²) < 4.78 is 0. The van der Waals surface area contributed by atoms with Crippen LogP contribution in [-0.4, -0.2) is 46.9 Å². The molecule has 1 aliphatic rings. The molecule has 0 spiro atoms. The van der Waals surface area contributed by atoms with Crippen molar-refractivity contribution in [2.45, 2.75) is 0 Å². The van der Waals surface area contributed by atoms with Crippen molar-refractivity contribution < 1.29 is 15.0 Å². The van der Waals surface area contributed by atoms with Gasteiger partial charge in [0.25, 0.3) is 0 Å². The molecule has 0 aromatic heterocycles. The summed E-state index contributed by atoms with van der Waals surface area (Å²) >= 11 is 0. The zero-order valence-electron chi connectivity index (χ0n) is 6.56. The Kier molecular flexibility index (Phi) is 3.87. The highest BCUT2D eigenvalue weighted by Gasteiger charge is 1.99. The van der Waals surface area contributed by atoms with Crippen molar-refractivity contribution in [2.24, 2.45) is 0 Å². The number of hydrogen-bond donors (Lipinski definition) is 2. The number of carbonyl (C=O) groups is 1. The fraction of sp³-hybridized carbons (Fsp3) is 0.500. The van der Waals surface area contributed by atoms with Crippen molar-refractivity contribution in [3.05, 3.63) is 12.4 Å². The first-order chi connectivity index (χ1) is 5.02. The van der Waals surface area contributed by atoms with Crippen molar-refractivity contribution >= 4 is 6.16 Å². The van der Waals surface area contributed by atoms with Crippen LogP contribution in [-0.2, 0) is 0 Å². The highest BCUT2D eigenvalue weighted by molar-refractivity contribution is 5.53. The Labute approximate surface area is 65.1 Å². The highest BCUT2D eigenvalue weighted by atomic mass is 16.6. The van der Waals surface area contributed by atoms with E-state index in [9.17, 15) is 0 Å². The summed E-state index contributed by atoms with van der Waals surface area (Å²) in [6.07, 6.45) is 2.28. The summed E-state index contributed by atoms with van der Waals surface area (Å²) in [5.74, 6) is 0. The van der Waals surface area contributed by atoms with Crippen LogP contribution in [0, 0.1) is 0 Å². The summed E-state index contributed by atoms with van der Waals surface area (Å²) in [5.41, 5.74) is 0. The molecule has 1 aliphatic heterocycles. The standard InChI is InChI=1S/C5H10N2.CH2O3/c1-6-3-4-7(2)5-6;2-1(3)4/h3-4H,5H2,1-2H3;(H2,2,3,4). The Bertz CT molecular complexity index is 144. The minimum Gasteiger partial charge on any atom is -0.450 e. The Hall–Kier alpha value is -1.39. The van der Waals surface area contributed by atoms with E-state index in [0.717, 1.165) is 6.67 Å². The van der Waals surface area contributed by atoms with Gasteiger partial charge in [-0.2, -0.15) is 0 Å². The van der Waals surface area contributed by atoms with Crippen LogP contribution in [0.1, 0.15) is 0 Å². The first kappa shape index (κ1) is 9.61. The van der Waals surface area contributed by atoms with Crippen molar-refractivity contribution in [3.63, 3.8) is 0 Å². The lowest BCUT2D eigenvalue weighted by Crippen LogP contribution is -2.17. The molecule has 0 aromatic carbocycles. The van der Waals surface area contributed by atoms with Crippen LogP contribution < -0.4 is 0 Å². The number of carboxylic acid groups (broad SMARTS) is 2. The van der Waals surface area contributed by atoms with Crippen LogP contribution in [0.5, 0.6) is 0 Å². The minimum atomic E-state index is -1.83.